The fourth-order valence-electron chi connectivity index (χ4n) is 3.24. The number of imidazole rings is 1. The maximum atomic E-state index is 13.1. The van der Waals surface area contributed by atoms with Gasteiger partial charge in [0, 0.05) is 44.1 Å². The fourth-order valence-corrected chi connectivity index (χ4v) is 3.37. The number of carbonyl (C=O) groups is 1. The fraction of sp³-hybridized carbons (Fsp3) is 0.444. The van der Waals surface area contributed by atoms with Gasteiger partial charge in [-0.05, 0) is 31.0 Å². The van der Waals surface area contributed by atoms with Gasteiger partial charge in [0.05, 0.1) is 12.0 Å². The molecular formula is C18H23ClN4O. The molecule has 1 aliphatic rings. The van der Waals surface area contributed by atoms with E-state index < -0.39 is 0 Å². The van der Waals surface area contributed by atoms with Gasteiger partial charge in [-0.1, -0.05) is 23.7 Å². The molecule has 3 rings (SSSR count). The standard InChI is InChI=1S/C18H23ClN4O/c1-3-23-9-8-21-16(23)11-22(2)17(24)18(12-20-13-18)10-14-4-6-15(19)7-5-14/h4-9,20H,3,10-13H2,1-2H3. The van der Waals surface area contributed by atoms with Crippen LogP contribution in [0.15, 0.2) is 36.7 Å². The average Bonchev–Trinajstić information content (AvgIpc) is 2.99. The van der Waals surface area contributed by atoms with E-state index in [1.54, 1.807) is 11.1 Å². The molecule has 6 heteroatoms. The first kappa shape index (κ1) is 17.0. The number of hydrogen-bond acceptors (Lipinski definition) is 3. The lowest BCUT2D eigenvalue weighted by Crippen LogP contribution is -2.62. The van der Waals surface area contributed by atoms with E-state index in [2.05, 4.69) is 21.8 Å². The van der Waals surface area contributed by atoms with Crippen molar-refractivity contribution in [2.45, 2.75) is 26.4 Å². The minimum absolute atomic E-state index is 0.168. The largest absolute Gasteiger partial charge is 0.338 e. The quantitative estimate of drug-likeness (QED) is 0.873. The number of aryl methyl sites for hydroxylation is 1. The first-order valence-electron chi connectivity index (χ1n) is 8.25. The van der Waals surface area contributed by atoms with Crippen molar-refractivity contribution >= 4 is 17.5 Å². The van der Waals surface area contributed by atoms with E-state index in [0.29, 0.717) is 19.6 Å². The van der Waals surface area contributed by atoms with Crippen LogP contribution >= 0.6 is 11.6 Å². The lowest BCUT2D eigenvalue weighted by atomic mass is 9.75. The summed E-state index contributed by atoms with van der Waals surface area (Å²) in [4.78, 5) is 19.2. The van der Waals surface area contributed by atoms with Crippen LogP contribution in [-0.2, 0) is 24.3 Å². The predicted octanol–water partition coefficient (Wildman–Crippen LogP) is 2.35. The van der Waals surface area contributed by atoms with Gasteiger partial charge in [0.15, 0.2) is 0 Å². The van der Waals surface area contributed by atoms with Crippen LogP contribution in [0, 0.1) is 5.41 Å². The van der Waals surface area contributed by atoms with Gasteiger partial charge in [0.2, 0.25) is 5.91 Å². The summed E-state index contributed by atoms with van der Waals surface area (Å²) < 4.78 is 2.06. The topological polar surface area (TPSA) is 50.2 Å². The van der Waals surface area contributed by atoms with Gasteiger partial charge in [0.25, 0.3) is 0 Å². The molecule has 2 heterocycles. The number of carbonyl (C=O) groups excluding carboxylic acids is 1. The Kier molecular flexibility index (Phi) is 4.92. The highest BCUT2D eigenvalue weighted by Gasteiger charge is 2.45. The number of hydrogen-bond donors (Lipinski definition) is 1. The zero-order valence-corrected chi connectivity index (χ0v) is 14.9. The Bertz CT molecular complexity index is 706. The van der Waals surface area contributed by atoms with Gasteiger partial charge in [-0.25, -0.2) is 4.98 Å². The number of amides is 1. The van der Waals surface area contributed by atoms with Crippen molar-refractivity contribution in [1.82, 2.24) is 19.8 Å². The number of halogens is 1. The lowest BCUT2D eigenvalue weighted by molar-refractivity contribution is -0.144. The molecule has 1 aromatic carbocycles. The van der Waals surface area contributed by atoms with E-state index in [1.165, 1.54) is 0 Å². The number of nitrogens with zero attached hydrogens (tertiary/aromatic N) is 3. The van der Waals surface area contributed by atoms with Gasteiger partial charge in [-0.3, -0.25) is 4.79 Å². The summed E-state index contributed by atoms with van der Waals surface area (Å²) in [7, 11) is 1.86. The van der Waals surface area contributed by atoms with E-state index in [9.17, 15) is 4.79 Å². The Morgan fingerprint density at radius 1 is 1.38 bits per heavy atom. The van der Waals surface area contributed by atoms with Crippen molar-refractivity contribution in [3.63, 3.8) is 0 Å². The zero-order valence-electron chi connectivity index (χ0n) is 14.1. The second-order valence-electron chi connectivity index (χ2n) is 6.48. The summed E-state index contributed by atoms with van der Waals surface area (Å²) in [6.45, 7) is 4.88. The van der Waals surface area contributed by atoms with E-state index in [0.717, 1.165) is 29.4 Å². The molecule has 128 valence electrons. The van der Waals surface area contributed by atoms with Crippen LogP contribution in [0.25, 0.3) is 0 Å². The van der Waals surface area contributed by atoms with Crippen LogP contribution in [0.1, 0.15) is 18.3 Å². The van der Waals surface area contributed by atoms with Crippen LogP contribution in [-0.4, -0.2) is 40.5 Å². The van der Waals surface area contributed by atoms with E-state index >= 15 is 0 Å². The number of rotatable bonds is 6. The summed E-state index contributed by atoms with van der Waals surface area (Å²) >= 11 is 5.96. The summed E-state index contributed by atoms with van der Waals surface area (Å²) in [5.41, 5.74) is 0.768. The van der Waals surface area contributed by atoms with Crippen LogP contribution in [0.4, 0.5) is 0 Å². The number of aromatic nitrogens is 2. The normalized spacial score (nSPS) is 15.8. The molecule has 0 atom stereocenters. The molecule has 0 bridgehead atoms. The molecule has 0 aliphatic carbocycles. The van der Waals surface area contributed by atoms with Gasteiger partial charge in [0.1, 0.15) is 5.82 Å². The molecule has 1 fully saturated rings. The predicted molar refractivity (Wildman–Crippen MR) is 94.8 cm³/mol. The van der Waals surface area contributed by atoms with E-state index in [-0.39, 0.29) is 11.3 Å². The highest BCUT2D eigenvalue weighted by molar-refractivity contribution is 6.30. The molecule has 1 N–H and O–H groups in total. The number of nitrogens with one attached hydrogen (secondary N) is 1. The van der Waals surface area contributed by atoms with E-state index in [4.69, 9.17) is 11.6 Å². The van der Waals surface area contributed by atoms with Crippen molar-refractivity contribution in [3.8, 4) is 0 Å². The molecule has 0 radical (unpaired) electrons. The van der Waals surface area contributed by atoms with Crippen LogP contribution in [0.5, 0.6) is 0 Å². The Hall–Kier alpha value is -1.85. The molecule has 1 aromatic heterocycles. The molecule has 0 spiro atoms. The van der Waals surface area contributed by atoms with Crippen LogP contribution in [0.3, 0.4) is 0 Å². The monoisotopic (exact) mass is 346 g/mol. The molecule has 0 unspecified atom stereocenters. The molecular weight excluding hydrogens is 324 g/mol. The Labute approximate surface area is 147 Å². The SMILES string of the molecule is CCn1ccnc1CN(C)C(=O)C1(Cc2ccc(Cl)cc2)CNC1. The molecule has 2 aromatic rings. The molecule has 5 nitrogen and oxygen atoms in total. The average molecular weight is 347 g/mol. The molecule has 0 saturated carbocycles. The van der Waals surface area contributed by atoms with E-state index in [1.807, 2.05) is 37.5 Å². The lowest BCUT2D eigenvalue weighted by Gasteiger charge is -2.43. The second-order valence-corrected chi connectivity index (χ2v) is 6.91. The van der Waals surface area contributed by atoms with Gasteiger partial charge in [-0.15, -0.1) is 0 Å². The minimum atomic E-state index is -0.369. The first-order chi connectivity index (χ1) is 11.5. The van der Waals surface area contributed by atoms with Crippen molar-refractivity contribution in [2.24, 2.45) is 5.41 Å². The Morgan fingerprint density at radius 2 is 2.08 bits per heavy atom. The highest BCUT2D eigenvalue weighted by Crippen LogP contribution is 2.31. The van der Waals surface area contributed by atoms with Gasteiger partial charge >= 0.3 is 0 Å². The molecule has 1 saturated heterocycles. The van der Waals surface area contributed by atoms with Crippen molar-refractivity contribution in [2.75, 3.05) is 20.1 Å². The highest BCUT2D eigenvalue weighted by atomic mass is 35.5. The second kappa shape index (κ2) is 6.95. The minimum Gasteiger partial charge on any atom is -0.338 e. The Morgan fingerprint density at radius 3 is 2.67 bits per heavy atom. The zero-order chi connectivity index (χ0) is 17.2. The van der Waals surface area contributed by atoms with Crippen LogP contribution in [0.2, 0.25) is 5.02 Å². The summed E-state index contributed by atoms with van der Waals surface area (Å²) in [5.74, 6) is 1.09. The number of benzene rings is 1. The first-order valence-corrected chi connectivity index (χ1v) is 8.62. The summed E-state index contributed by atoms with van der Waals surface area (Å²) in [6.07, 6.45) is 4.45. The third-order valence-electron chi connectivity index (χ3n) is 4.70. The smallest absolute Gasteiger partial charge is 0.231 e. The van der Waals surface area contributed by atoms with Gasteiger partial charge in [-0.2, -0.15) is 0 Å². The molecule has 1 amide bonds. The molecule has 24 heavy (non-hydrogen) atoms. The summed E-state index contributed by atoms with van der Waals surface area (Å²) in [5, 5.41) is 3.97. The third-order valence-corrected chi connectivity index (χ3v) is 4.96. The van der Waals surface area contributed by atoms with Crippen LogP contribution < -0.4 is 5.32 Å². The molecule has 1 aliphatic heterocycles. The van der Waals surface area contributed by atoms with Crippen molar-refractivity contribution in [3.05, 3.63) is 53.1 Å². The van der Waals surface area contributed by atoms with Gasteiger partial charge < -0.3 is 14.8 Å². The maximum absolute atomic E-state index is 13.1. The summed E-state index contributed by atoms with van der Waals surface area (Å²) in [6, 6.07) is 7.75. The maximum Gasteiger partial charge on any atom is 0.231 e. The third kappa shape index (κ3) is 3.32. The van der Waals surface area contributed by atoms with Crippen molar-refractivity contribution < 1.29 is 4.79 Å². The van der Waals surface area contributed by atoms with Crippen molar-refractivity contribution in [1.29, 1.82) is 0 Å². The Balaban J connectivity index is 1.72.